The van der Waals surface area contributed by atoms with Crippen molar-refractivity contribution >= 4 is 23.6 Å². The molecule has 1 aliphatic heterocycles. The first-order chi connectivity index (χ1) is 13.0. The number of aliphatic carboxylic acids is 1. The molecule has 1 aromatic rings. The van der Waals surface area contributed by atoms with Crippen molar-refractivity contribution in [3.8, 4) is 17.2 Å². The van der Waals surface area contributed by atoms with E-state index in [-0.39, 0.29) is 18.4 Å². The van der Waals surface area contributed by atoms with Gasteiger partial charge in [-0.05, 0) is 32.9 Å². The Labute approximate surface area is 164 Å². The molecule has 1 atom stereocenters. The van der Waals surface area contributed by atoms with Gasteiger partial charge in [-0.1, -0.05) is 0 Å². The zero-order valence-electron chi connectivity index (χ0n) is 16.0. The van der Waals surface area contributed by atoms with Crippen molar-refractivity contribution < 1.29 is 28.9 Å². The van der Waals surface area contributed by atoms with Crippen molar-refractivity contribution in [1.29, 1.82) is 0 Å². The molecular formula is C19H27NO6S. The van der Waals surface area contributed by atoms with Crippen LogP contribution in [-0.4, -0.2) is 65.8 Å². The summed E-state index contributed by atoms with van der Waals surface area (Å²) in [6.07, 6.45) is -0.0631. The second kappa shape index (κ2) is 10.3. The quantitative estimate of drug-likeness (QED) is 0.686. The average molecular weight is 397 g/mol. The Morgan fingerprint density at radius 1 is 1.11 bits per heavy atom. The number of ether oxygens (including phenoxy) is 3. The smallest absolute Gasteiger partial charge is 0.305 e. The Hall–Kier alpha value is -2.09. The summed E-state index contributed by atoms with van der Waals surface area (Å²) in [5.74, 6) is 1.67. The molecule has 0 radical (unpaired) electrons. The molecule has 1 unspecified atom stereocenters. The lowest BCUT2D eigenvalue weighted by Crippen LogP contribution is -2.47. The van der Waals surface area contributed by atoms with E-state index in [9.17, 15) is 9.59 Å². The normalized spacial score (nSPS) is 16.7. The van der Waals surface area contributed by atoms with Crippen molar-refractivity contribution in [2.45, 2.75) is 33.2 Å². The van der Waals surface area contributed by atoms with E-state index >= 15 is 0 Å². The molecule has 1 aromatic carbocycles. The number of carboxylic acids is 1. The molecule has 1 amide bonds. The lowest BCUT2D eigenvalue weighted by Gasteiger charge is -2.34. The third-order valence-electron chi connectivity index (χ3n) is 4.05. The second-order valence-corrected chi connectivity index (χ2v) is 7.08. The fraction of sp³-hybridized carbons (Fsp3) is 0.579. The highest BCUT2D eigenvalue weighted by Gasteiger charge is 2.30. The molecule has 7 nitrogen and oxygen atoms in total. The van der Waals surface area contributed by atoms with Crippen molar-refractivity contribution in [3.63, 3.8) is 0 Å². The minimum atomic E-state index is -0.906. The molecule has 0 aliphatic carbocycles. The standard InChI is InChI=1S/C19H27NO6S/c1-4-24-15-9-13(10-16(25-5-2)18(15)26-6-3)19(23)20-7-8-27-12-14(20)11-17(21)22/h9-10,14H,4-8,11-12H2,1-3H3,(H,21,22). The molecule has 2 rings (SSSR count). The highest BCUT2D eigenvalue weighted by Crippen LogP contribution is 2.39. The zero-order valence-corrected chi connectivity index (χ0v) is 16.8. The first-order valence-corrected chi connectivity index (χ1v) is 10.3. The van der Waals surface area contributed by atoms with Gasteiger partial charge in [0.15, 0.2) is 11.5 Å². The van der Waals surface area contributed by atoms with E-state index < -0.39 is 5.97 Å². The van der Waals surface area contributed by atoms with Crippen LogP contribution in [0.15, 0.2) is 12.1 Å². The number of carbonyl (C=O) groups is 2. The third-order valence-corrected chi connectivity index (χ3v) is 5.15. The van der Waals surface area contributed by atoms with Crippen LogP contribution in [0.5, 0.6) is 17.2 Å². The van der Waals surface area contributed by atoms with Gasteiger partial charge in [0.2, 0.25) is 5.75 Å². The van der Waals surface area contributed by atoms with Crippen molar-refractivity contribution in [2.75, 3.05) is 37.9 Å². The summed E-state index contributed by atoms with van der Waals surface area (Å²) >= 11 is 1.67. The predicted molar refractivity (Wildman–Crippen MR) is 104 cm³/mol. The fourth-order valence-corrected chi connectivity index (χ4v) is 4.03. The van der Waals surface area contributed by atoms with E-state index in [1.54, 1.807) is 28.8 Å². The van der Waals surface area contributed by atoms with Crippen molar-refractivity contribution in [3.05, 3.63) is 17.7 Å². The first-order valence-electron chi connectivity index (χ1n) is 9.18. The summed E-state index contributed by atoms with van der Waals surface area (Å²) in [4.78, 5) is 26.0. The number of hydrogen-bond acceptors (Lipinski definition) is 6. The van der Waals surface area contributed by atoms with Gasteiger partial charge in [0.1, 0.15) is 0 Å². The zero-order chi connectivity index (χ0) is 19.8. The van der Waals surface area contributed by atoms with Gasteiger partial charge < -0.3 is 24.2 Å². The van der Waals surface area contributed by atoms with Gasteiger partial charge >= 0.3 is 5.97 Å². The Morgan fingerprint density at radius 2 is 1.70 bits per heavy atom. The second-order valence-electron chi connectivity index (χ2n) is 5.93. The molecule has 1 fully saturated rings. The minimum Gasteiger partial charge on any atom is -0.490 e. The average Bonchev–Trinajstić information content (AvgIpc) is 2.64. The van der Waals surface area contributed by atoms with E-state index in [1.165, 1.54) is 0 Å². The van der Waals surface area contributed by atoms with Gasteiger partial charge in [-0.25, -0.2) is 0 Å². The van der Waals surface area contributed by atoms with Crippen LogP contribution >= 0.6 is 11.8 Å². The number of nitrogens with zero attached hydrogens (tertiary/aromatic N) is 1. The predicted octanol–water partition coefficient (Wildman–Crippen LogP) is 2.92. The highest BCUT2D eigenvalue weighted by atomic mass is 32.2. The maximum absolute atomic E-state index is 13.1. The van der Waals surface area contributed by atoms with Gasteiger partial charge in [0, 0.05) is 23.6 Å². The Balaban J connectivity index is 2.39. The summed E-state index contributed by atoms with van der Waals surface area (Å²) < 4.78 is 17.0. The number of amides is 1. The molecular weight excluding hydrogens is 370 g/mol. The Morgan fingerprint density at radius 3 is 2.22 bits per heavy atom. The van der Waals surface area contributed by atoms with E-state index in [2.05, 4.69) is 0 Å². The van der Waals surface area contributed by atoms with Crippen molar-refractivity contribution in [2.24, 2.45) is 0 Å². The van der Waals surface area contributed by atoms with Crippen LogP contribution in [0.1, 0.15) is 37.6 Å². The molecule has 1 aliphatic rings. The van der Waals surface area contributed by atoms with Gasteiger partial charge in [0.25, 0.3) is 5.91 Å². The number of benzene rings is 1. The van der Waals surface area contributed by atoms with E-state index in [0.29, 0.717) is 54.9 Å². The summed E-state index contributed by atoms with van der Waals surface area (Å²) in [6.45, 7) is 7.38. The summed E-state index contributed by atoms with van der Waals surface area (Å²) in [5, 5.41) is 9.16. The van der Waals surface area contributed by atoms with Crippen LogP contribution in [0.4, 0.5) is 0 Å². The molecule has 8 heteroatoms. The molecule has 0 bridgehead atoms. The monoisotopic (exact) mass is 397 g/mol. The third kappa shape index (κ3) is 5.45. The minimum absolute atomic E-state index is 0.0631. The van der Waals surface area contributed by atoms with E-state index in [1.807, 2.05) is 20.8 Å². The number of thioether (sulfide) groups is 1. The summed E-state index contributed by atoms with van der Waals surface area (Å²) in [5.41, 5.74) is 0.410. The van der Waals surface area contributed by atoms with Crippen molar-refractivity contribution in [1.82, 2.24) is 4.90 Å². The van der Waals surface area contributed by atoms with Crippen LogP contribution in [0, 0.1) is 0 Å². The van der Waals surface area contributed by atoms with Crippen LogP contribution in [-0.2, 0) is 4.79 Å². The number of hydrogen-bond donors (Lipinski definition) is 1. The molecule has 0 spiro atoms. The Kier molecular flexibility index (Phi) is 8.09. The molecule has 1 saturated heterocycles. The van der Waals surface area contributed by atoms with Gasteiger partial charge in [-0.2, -0.15) is 11.8 Å². The number of carbonyl (C=O) groups excluding carboxylic acids is 1. The molecule has 1 heterocycles. The fourth-order valence-electron chi connectivity index (χ4n) is 2.97. The molecule has 1 N–H and O–H groups in total. The highest BCUT2D eigenvalue weighted by molar-refractivity contribution is 7.99. The van der Waals surface area contributed by atoms with E-state index in [4.69, 9.17) is 19.3 Å². The molecule has 0 aromatic heterocycles. The molecule has 27 heavy (non-hydrogen) atoms. The summed E-state index contributed by atoms with van der Waals surface area (Å²) in [7, 11) is 0. The van der Waals surface area contributed by atoms with Crippen LogP contribution in [0.3, 0.4) is 0 Å². The lowest BCUT2D eigenvalue weighted by molar-refractivity contribution is -0.138. The number of rotatable bonds is 9. The van der Waals surface area contributed by atoms with Gasteiger partial charge in [-0.15, -0.1) is 0 Å². The molecule has 0 saturated carbocycles. The summed E-state index contributed by atoms with van der Waals surface area (Å²) in [6, 6.07) is 2.98. The first kappa shape index (κ1) is 21.2. The van der Waals surface area contributed by atoms with E-state index in [0.717, 1.165) is 5.75 Å². The van der Waals surface area contributed by atoms with Crippen LogP contribution < -0.4 is 14.2 Å². The van der Waals surface area contributed by atoms with Gasteiger partial charge in [-0.3, -0.25) is 9.59 Å². The van der Waals surface area contributed by atoms with Crippen LogP contribution in [0.25, 0.3) is 0 Å². The molecule has 150 valence electrons. The van der Waals surface area contributed by atoms with Gasteiger partial charge in [0.05, 0.1) is 32.3 Å². The number of carboxylic acid groups (broad SMARTS) is 1. The topological polar surface area (TPSA) is 85.3 Å². The SMILES string of the molecule is CCOc1cc(C(=O)N2CCSCC2CC(=O)O)cc(OCC)c1OCC. The maximum atomic E-state index is 13.1. The maximum Gasteiger partial charge on any atom is 0.305 e. The lowest BCUT2D eigenvalue weighted by atomic mass is 10.1. The van der Waals surface area contributed by atoms with Crippen LogP contribution in [0.2, 0.25) is 0 Å². The Bertz CT molecular complexity index is 639. The largest absolute Gasteiger partial charge is 0.490 e.